The Kier molecular flexibility index (Phi) is 4.29. The quantitative estimate of drug-likeness (QED) is 0.771. The Labute approximate surface area is 95.4 Å². The number of nitrogens with zero attached hydrogens (tertiary/aromatic N) is 1. The minimum atomic E-state index is -0.945. The van der Waals surface area contributed by atoms with E-state index in [1.807, 2.05) is 13.8 Å². The third-order valence-electron chi connectivity index (χ3n) is 2.88. The van der Waals surface area contributed by atoms with Gasteiger partial charge in [-0.25, -0.2) is 4.79 Å². The van der Waals surface area contributed by atoms with Crippen molar-refractivity contribution in [2.75, 3.05) is 13.2 Å². The van der Waals surface area contributed by atoms with Crippen molar-refractivity contribution in [1.29, 1.82) is 0 Å². The number of carbonyl (C=O) groups is 2. The first kappa shape index (κ1) is 13.0. The molecule has 0 bridgehead atoms. The van der Waals surface area contributed by atoms with Crippen LogP contribution in [0.25, 0.3) is 0 Å². The van der Waals surface area contributed by atoms with Crippen LogP contribution in [0, 0.1) is 5.92 Å². The molecule has 2 atom stereocenters. The van der Waals surface area contributed by atoms with Crippen molar-refractivity contribution in [3.05, 3.63) is 0 Å². The maximum Gasteiger partial charge on any atom is 0.326 e. The molecule has 1 aliphatic heterocycles. The van der Waals surface area contributed by atoms with Crippen molar-refractivity contribution in [2.24, 2.45) is 5.92 Å². The van der Waals surface area contributed by atoms with Crippen molar-refractivity contribution in [3.8, 4) is 0 Å². The second-order valence-corrected chi connectivity index (χ2v) is 4.43. The van der Waals surface area contributed by atoms with E-state index in [1.165, 1.54) is 11.8 Å². The molecule has 92 valence electrons. The van der Waals surface area contributed by atoms with Crippen LogP contribution >= 0.6 is 0 Å². The van der Waals surface area contributed by atoms with Gasteiger partial charge in [0, 0.05) is 25.5 Å². The summed E-state index contributed by atoms with van der Waals surface area (Å²) < 4.78 is 5.20. The van der Waals surface area contributed by atoms with E-state index in [0.29, 0.717) is 19.6 Å². The summed E-state index contributed by atoms with van der Waals surface area (Å²) in [5, 5.41) is 9.25. The largest absolute Gasteiger partial charge is 0.480 e. The lowest BCUT2D eigenvalue weighted by atomic mass is 9.96. The minimum Gasteiger partial charge on any atom is -0.480 e. The van der Waals surface area contributed by atoms with E-state index in [-0.39, 0.29) is 17.9 Å². The monoisotopic (exact) mass is 229 g/mol. The fourth-order valence-electron chi connectivity index (χ4n) is 2.23. The number of carboxylic acid groups (broad SMARTS) is 1. The number of hydrogen-bond donors (Lipinski definition) is 1. The molecular formula is C11H19NO4. The van der Waals surface area contributed by atoms with Crippen LogP contribution in [-0.2, 0) is 14.3 Å². The van der Waals surface area contributed by atoms with Crippen LogP contribution in [0.4, 0.5) is 0 Å². The zero-order valence-corrected chi connectivity index (χ0v) is 9.97. The summed E-state index contributed by atoms with van der Waals surface area (Å²) >= 11 is 0. The normalized spacial score (nSPS) is 22.1. The van der Waals surface area contributed by atoms with E-state index in [0.717, 1.165) is 0 Å². The summed E-state index contributed by atoms with van der Waals surface area (Å²) in [6, 6.07) is -0.876. The van der Waals surface area contributed by atoms with E-state index in [4.69, 9.17) is 4.74 Å². The molecule has 0 saturated carbocycles. The van der Waals surface area contributed by atoms with Gasteiger partial charge in [-0.1, -0.05) is 0 Å². The Hall–Kier alpha value is -1.10. The zero-order chi connectivity index (χ0) is 12.3. The number of hydrogen-bond acceptors (Lipinski definition) is 3. The summed E-state index contributed by atoms with van der Waals surface area (Å²) in [4.78, 5) is 24.2. The topological polar surface area (TPSA) is 66.8 Å². The third kappa shape index (κ3) is 2.72. The smallest absolute Gasteiger partial charge is 0.326 e. The van der Waals surface area contributed by atoms with E-state index in [9.17, 15) is 14.7 Å². The zero-order valence-electron chi connectivity index (χ0n) is 9.97. The molecular weight excluding hydrogens is 210 g/mol. The van der Waals surface area contributed by atoms with Crippen LogP contribution in [0.2, 0.25) is 0 Å². The molecule has 0 aliphatic carbocycles. The molecule has 1 heterocycles. The maximum atomic E-state index is 11.5. The van der Waals surface area contributed by atoms with Crippen molar-refractivity contribution in [3.63, 3.8) is 0 Å². The second kappa shape index (κ2) is 5.30. The molecule has 0 radical (unpaired) electrons. The number of aliphatic carboxylic acids is 1. The van der Waals surface area contributed by atoms with E-state index in [1.54, 1.807) is 0 Å². The number of amides is 1. The highest BCUT2D eigenvalue weighted by molar-refractivity contribution is 5.82. The van der Waals surface area contributed by atoms with Crippen LogP contribution in [-0.4, -0.2) is 47.2 Å². The predicted octanol–water partition coefficient (Wildman–Crippen LogP) is 0.733. The van der Waals surface area contributed by atoms with Crippen LogP contribution < -0.4 is 0 Å². The van der Waals surface area contributed by atoms with Gasteiger partial charge in [0.15, 0.2) is 0 Å². The van der Waals surface area contributed by atoms with E-state index >= 15 is 0 Å². The summed E-state index contributed by atoms with van der Waals surface area (Å²) in [6.45, 7) is 6.07. The molecule has 1 aliphatic rings. The molecule has 5 nitrogen and oxygen atoms in total. The van der Waals surface area contributed by atoms with Gasteiger partial charge in [0.25, 0.3) is 0 Å². The van der Waals surface area contributed by atoms with Gasteiger partial charge >= 0.3 is 5.97 Å². The van der Waals surface area contributed by atoms with Gasteiger partial charge in [0.05, 0.1) is 6.61 Å². The van der Waals surface area contributed by atoms with Gasteiger partial charge in [0.2, 0.25) is 5.91 Å². The first-order chi connectivity index (χ1) is 7.45. The number of carboxylic acids is 1. The lowest BCUT2D eigenvalue weighted by molar-refractivity contribution is -0.153. The predicted molar refractivity (Wildman–Crippen MR) is 58.0 cm³/mol. The third-order valence-corrected chi connectivity index (χ3v) is 2.88. The summed E-state index contributed by atoms with van der Waals surface area (Å²) in [5.74, 6) is -1.24. The molecule has 0 aromatic heterocycles. The minimum absolute atomic E-state index is 0.0937. The Balaban J connectivity index is 2.89. The highest BCUT2D eigenvalue weighted by Gasteiger charge is 2.38. The van der Waals surface area contributed by atoms with Crippen LogP contribution in [0.3, 0.4) is 0 Å². The van der Waals surface area contributed by atoms with Crippen molar-refractivity contribution < 1.29 is 19.4 Å². The fourth-order valence-corrected chi connectivity index (χ4v) is 2.23. The van der Waals surface area contributed by atoms with E-state index in [2.05, 4.69) is 0 Å². The summed E-state index contributed by atoms with van der Waals surface area (Å²) in [5.41, 5.74) is 0. The van der Waals surface area contributed by atoms with Gasteiger partial charge in [-0.3, -0.25) is 4.79 Å². The molecule has 5 heteroatoms. The van der Waals surface area contributed by atoms with Crippen molar-refractivity contribution in [2.45, 2.75) is 39.3 Å². The first-order valence-electron chi connectivity index (χ1n) is 5.54. The average Bonchev–Trinajstić information content (AvgIpc) is 2.64. The number of rotatable bonds is 4. The van der Waals surface area contributed by atoms with Crippen LogP contribution in [0.15, 0.2) is 0 Å². The van der Waals surface area contributed by atoms with Crippen molar-refractivity contribution in [1.82, 2.24) is 4.90 Å². The molecule has 0 spiro atoms. The Morgan fingerprint density at radius 2 is 2.06 bits per heavy atom. The molecule has 2 unspecified atom stereocenters. The van der Waals surface area contributed by atoms with Gasteiger partial charge in [-0.15, -0.1) is 0 Å². The standard InChI is InChI=1S/C11H19NO4/c1-7(2)12(8(3)13)10(11(14)15)9-4-5-16-6-9/h7,9-10H,4-6H2,1-3H3,(H,14,15). The van der Waals surface area contributed by atoms with Gasteiger partial charge in [0.1, 0.15) is 6.04 Å². The van der Waals surface area contributed by atoms with E-state index < -0.39 is 12.0 Å². The van der Waals surface area contributed by atoms with Gasteiger partial charge in [-0.2, -0.15) is 0 Å². The average molecular weight is 229 g/mol. The maximum absolute atomic E-state index is 11.5. The lowest BCUT2D eigenvalue weighted by Gasteiger charge is -2.34. The van der Waals surface area contributed by atoms with Crippen molar-refractivity contribution >= 4 is 11.9 Å². The highest BCUT2D eigenvalue weighted by Crippen LogP contribution is 2.23. The fraction of sp³-hybridized carbons (Fsp3) is 0.818. The Bertz CT molecular complexity index is 271. The molecule has 16 heavy (non-hydrogen) atoms. The molecule has 1 fully saturated rings. The second-order valence-electron chi connectivity index (χ2n) is 4.43. The molecule has 1 amide bonds. The number of ether oxygens (including phenoxy) is 1. The molecule has 1 N–H and O–H groups in total. The molecule has 1 saturated heterocycles. The Morgan fingerprint density at radius 1 is 1.44 bits per heavy atom. The van der Waals surface area contributed by atoms with Gasteiger partial charge < -0.3 is 14.7 Å². The summed E-state index contributed by atoms with van der Waals surface area (Å²) in [6.07, 6.45) is 0.702. The summed E-state index contributed by atoms with van der Waals surface area (Å²) in [7, 11) is 0. The number of carbonyl (C=O) groups excluding carboxylic acids is 1. The lowest BCUT2D eigenvalue weighted by Crippen LogP contribution is -2.52. The van der Waals surface area contributed by atoms with Gasteiger partial charge in [-0.05, 0) is 20.3 Å². The molecule has 0 aromatic rings. The Morgan fingerprint density at radius 3 is 2.38 bits per heavy atom. The molecule has 0 aromatic carbocycles. The SMILES string of the molecule is CC(=O)N(C(C)C)C(C(=O)O)C1CCOC1. The van der Waals surface area contributed by atoms with Crippen LogP contribution in [0.5, 0.6) is 0 Å². The first-order valence-corrected chi connectivity index (χ1v) is 5.54. The van der Waals surface area contributed by atoms with Crippen LogP contribution in [0.1, 0.15) is 27.2 Å². The highest BCUT2D eigenvalue weighted by atomic mass is 16.5. The molecule has 1 rings (SSSR count).